The number of hydrogen-bond acceptors (Lipinski definition) is 4. The Morgan fingerprint density at radius 2 is 2.09 bits per heavy atom. The van der Waals surface area contributed by atoms with E-state index < -0.39 is 17.8 Å². The van der Waals surface area contributed by atoms with Crippen molar-refractivity contribution in [3.8, 4) is 0 Å². The average Bonchev–Trinajstić information content (AvgIpc) is 2.55. The topological polar surface area (TPSA) is 73.8 Å². The van der Waals surface area contributed by atoms with Gasteiger partial charge in [0, 0.05) is 18.8 Å². The molecule has 2 aliphatic heterocycles. The molecule has 2 amide bonds. The lowest BCUT2D eigenvalue weighted by atomic mass is 10.1. The van der Waals surface area contributed by atoms with Crippen molar-refractivity contribution >= 4 is 23.5 Å². The molecular formula is C16H19FN4O2. The summed E-state index contributed by atoms with van der Waals surface area (Å²) in [5, 5.41) is 5.35. The lowest BCUT2D eigenvalue weighted by molar-refractivity contribution is -0.125. The van der Waals surface area contributed by atoms with Crippen molar-refractivity contribution in [3.63, 3.8) is 0 Å². The summed E-state index contributed by atoms with van der Waals surface area (Å²) >= 11 is 0. The average molecular weight is 318 g/mol. The van der Waals surface area contributed by atoms with Crippen molar-refractivity contribution in [2.75, 3.05) is 18.4 Å². The number of rotatable bonds is 2. The summed E-state index contributed by atoms with van der Waals surface area (Å²) in [6.45, 7) is 1.66. The van der Waals surface area contributed by atoms with E-state index in [0.29, 0.717) is 11.6 Å². The number of anilines is 1. The summed E-state index contributed by atoms with van der Waals surface area (Å²) in [6, 6.07) is 4.86. The molecule has 0 aliphatic carbocycles. The van der Waals surface area contributed by atoms with Gasteiger partial charge >= 0.3 is 0 Å². The molecule has 0 spiro atoms. The smallest absolute Gasteiger partial charge is 0.249 e. The molecule has 0 saturated carbocycles. The number of carbonyl (C=O) groups is 2. The van der Waals surface area contributed by atoms with Crippen molar-refractivity contribution in [1.82, 2.24) is 10.2 Å². The highest BCUT2D eigenvalue weighted by Gasteiger charge is 2.29. The van der Waals surface area contributed by atoms with E-state index in [2.05, 4.69) is 15.6 Å². The van der Waals surface area contributed by atoms with Gasteiger partial charge < -0.3 is 10.2 Å². The standard InChI is InChI=1S/C16H19FN4O2/c17-11-5-4-6-12(9-11)18-15(23)13-10-14(22)20-16(19-13)21-7-2-1-3-8-21/h4-6,9,13H,1-3,7-8,10H2,(H,18,23)(H,19,20,22)/t13-/m0/s1. The minimum Gasteiger partial charge on any atom is -0.343 e. The van der Waals surface area contributed by atoms with Crippen molar-refractivity contribution in [3.05, 3.63) is 30.1 Å². The molecule has 0 radical (unpaired) electrons. The van der Waals surface area contributed by atoms with Gasteiger partial charge in [-0.25, -0.2) is 9.38 Å². The Hall–Kier alpha value is -2.44. The first-order chi connectivity index (χ1) is 11.1. The Labute approximate surface area is 133 Å². The van der Waals surface area contributed by atoms with E-state index >= 15 is 0 Å². The van der Waals surface area contributed by atoms with E-state index in [1.165, 1.54) is 24.6 Å². The fourth-order valence-electron chi connectivity index (χ4n) is 2.79. The molecule has 2 N–H and O–H groups in total. The first-order valence-corrected chi connectivity index (χ1v) is 7.81. The number of benzene rings is 1. The lowest BCUT2D eigenvalue weighted by Crippen LogP contribution is -2.51. The molecule has 7 heteroatoms. The summed E-state index contributed by atoms with van der Waals surface area (Å²) in [4.78, 5) is 30.6. The Bertz CT molecular complexity index is 641. The Morgan fingerprint density at radius 1 is 1.30 bits per heavy atom. The van der Waals surface area contributed by atoms with Gasteiger partial charge in [0.05, 0.1) is 6.42 Å². The molecule has 23 heavy (non-hydrogen) atoms. The molecule has 122 valence electrons. The monoisotopic (exact) mass is 318 g/mol. The molecule has 1 fully saturated rings. The number of likely N-dealkylation sites (tertiary alicyclic amines) is 1. The number of nitrogens with one attached hydrogen (secondary N) is 2. The zero-order chi connectivity index (χ0) is 16.2. The third-order valence-electron chi connectivity index (χ3n) is 3.96. The number of halogens is 1. The second kappa shape index (κ2) is 6.76. The van der Waals surface area contributed by atoms with Crippen molar-refractivity contribution in [2.24, 2.45) is 4.99 Å². The molecule has 0 aromatic heterocycles. The van der Waals surface area contributed by atoms with Crippen LogP contribution in [0.2, 0.25) is 0 Å². The minimum absolute atomic E-state index is 0.00150. The van der Waals surface area contributed by atoms with Gasteiger partial charge in [0.2, 0.25) is 17.8 Å². The second-order valence-electron chi connectivity index (χ2n) is 5.77. The predicted molar refractivity (Wildman–Crippen MR) is 84.4 cm³/mol. The second-order valence-corrected chi connectivity index (χ2v) is 5.77. The maximum Gasteiger partial charge on any atom is 0.249 e. The van der Waals surface area contributed by atoms with E-state index in [1.54, 1.807) is 6.07 Å². The van der Waals surface area contributed by atoms with E-state index in [9.17, 15) is 14.0 Å². The van der Waals surface area contributed by atoms with E-state index in [4.69, 9.17) is 0 Å². The van der Waals surface area contributed by atoms with Crippen LogP contribution >= 0.6 is 0 Å². The first-order valence-electron chi connectivity index (χ1n) is 7.81. The van der Waals surface area contributed by atoms with Gasteiger partial charge in [-0.2, -0.15) is 0 Å². The molecule has 1 aromatic carbocycles. The van der Waals surface area contributed by atoms with Crippen LogP contribution < -0.4 is 10.6 Å². The summed E-state index contributed by atoms with van der Waals surface area (Å²) in [5.41, 5.74) is 0.357. The number of amides is 2. The van der Waals surface area contributed by atoms with E-state index in [0.717, 1.165) is 25.9 Å². The molecule has 1 aromatic rings. The maximum absolute atomic E-state index is 13.2. The highest BCUT2D eigenvalue weighted by molar-refractivity contribution is 6.05. The van der Waals surface area contributed by atoms with Crippen molar-refractivity contribution in [2.45, 2.75) is 31.7 Å². The van der Waals surface area contributed by atoms with Gasteiger partial charge in [-0.05, 0) is 37.5 Å². The SMILES string of the molecule is O=C1C[C@@H](C(=O)Nc2cccc(F)c2)N=C(N2CCCCC2)N1. The normalized spacial score (nSPS) is 21.4. The highest BCUT2D eigenvalue weighted by atomic mass is 19.1. The lowest BCUT2D eigenvalue weighted by Gasteiger charge is -2.32. The summed E-state index contributed by atoms with van der Waals surface area (Å²) in [7, 11) is 0. The van der Waals surface area contributed by atoms with Gasteiger partial charge in [0.1, 0.15) is 11.9 Å². The van der Waals surface area contributed by atoms with Crippen LogP contribution in [0.1, 0.15) is 25.7 Å². The molecule has 6 nitrogen and oxygen atoms in total. The van der Waals surface area contributed by atoms with Gasteiger partial charge in [-0.3, -0.25) is 14.9 Å². The van der Waals surface area contributed by atoms with Crippen LogP contribution in [0.25, 0.3) is 0 Å². The molecule has 0 bridgehead atoms. The number of hydrogen-bond donors (Lipinski definition) is 2. The highest BCUT2D eigenvalue weighted by Crippen LogP contribution is 2.15. The molecule has 2 heterocycles. The van der Waals surface area contributed by atoms with Gasteiger partial charge in [0.25, 0.3) is 0 Å². The third-order valence-corrected chi connectivity index (χ3v) is 3.96. The zero-order valence-corrected chi connectivity index (χ0v) is 12.7. The van der Waals surface area contributed by atoms with Crippen LogP contribution in [-0.4, -0.2) is 41.8 Å². The maximum atomic E-state index is 13.2. The van der Waals surface area contributed by atoms with E-state index in [-0.39, 0.29) is 12.3 Å². The molecule has 1 atom stereocenters. The molecule has 3 rings (SSSR count). The fraction of sp³-hybridized carbons (Fsp3) is 0.438. The minimum atomic E-state index is -0.788. The van der Waals surface area contributed by atoms with Crippen LogP contribution in [0.5, 0.6) is 0 Å². The number of aliphatic imine (C=N–C) groups is 1. The third kappa shape index (κ3) is 3.85. The number of nitrogens with zero attached hydrogens (tertiary/aromatic N) is 2. The van der Waals surface area contributed by atoms with Crippen LogP contribution in [-0.2, 0) is 9.59 Å². The number of guanidine groups is 1. The summed E-state index contributed by atoms with van der Waals surface area (Å²) < 4.78 is 13.2. The Morgan fingerprint density at radius 3 is 2.83 bits per heavy atom. The number of carbonyl (C=O) groups excluding carboxylic acids is 2. The van der Waals surface area contributed by atoms with Crippen molar-refractivity contribution < 1.29 is 14.0 Å². The Kier molecular flexibility index (Phi) is 4.55. The van der Waals surface area contributed by atoms with Crippen LogP contribution in [0, 0.1) is 5.82 Å². The number of piperidine rings is 1. The van der Waals surface area contributed by atoms with Crippen LogP contribution in [0.4, 0.5) is 10.1 Å². The van der Waals surface area contributed by atoms with E-state index in [1.807, 2.05) is 4.90 Å². The van der Waals surface area contributed by atoms with Crippen LogP contribution in [0.15, 0.2) is 29.3 Å². The quantitative estimate of drug-likeness (QED) is 0.868. The van der Waals surface area contributed by atoms with Crippen molar-refractivity contribution in [1.29, 1.82) is 0 Å². The Balaban J connectivity index is 1.72. The molecule has 2 aliphatic rings. The fourth-order valence-corrected chi connectivity index (χ4v) is 2.79. The first kappa shape index (κ1) is 15.5. The predicted octanol–water partition coefficient (Wildman–Crippen LogP) is 1.49. The summed E-state index contributed by atoms with van der Waals surface area (Å²) in [5.74, 6) is -0.582. The van der Waals surface area contributed by atoms with Gasteiger partial charge in [-0.15, -0.1) is 0 Å². The molecular weight excluding hydrogens is 299 g/mol. The molecule has 1 saturated heterocycles. The zero-order valence-electron chi connectivity index (χ0n) is 12.7. The summed E-state index contributed by atoms with van der Waals surface area (Å²) in [6.07, 6.45) is 3.27. The molecule has 0 unspecified atom stereocenters. The van der Waals surface area contributed by atoms with Crippen LogP contribution in [0.3, 0.4) is 0 Å². The largest absolute Gasteiger partial charge is 0.343 e. The van der Waals surface area contributed by atoms with Gasteiger partial charge in [0.15, 0.2) is 0 Å². The van der Waals surface area contributed by atoms with Gasteiger partial charge in [-0.1, -0.05) is 6.07 Å².